The molecule has 0 amide bonds. The molecule has 3 rings (SSSR count). The van der Waals surface area contributed by atoms with E-state index in [0.29, 0.717) is 21.9 Å². The van der Waals surface area contributed by atoms with Crippen molar-refractivity contribution < 1.29 is 14.3 Å². The van der Waals surface area contributed by atoms with Gasteiger partial charge in [0.15, 0.2) is 17.3 Å². The fraction of sp³-hybridized carbons (Fsp3) is 0.200. The lowest BCUT2D eigenvalue weighted by molar-refractivity contribution is 0.0983. The van der Waals surface area contributed by atoms with E-state index in [0.717, 1.165) is 4.88 Å². The smallest absolute Gasteiger partial charge is 0.231 e. The van der Waals surface area contributed by atoms with Gasteiger partial charge in [-0.25, -0.2) is 0 Å². The van der Waals surface area contributed by atoms with Gasteiger partial charge in [-0.15, -0.1) is 11.3 Å². The van der Waals surface area contributed by atoms with Gasteiger partial charge in [0.05, 0.1) is 10.9 Å². The summed E-state index contributed by atoms with van der Waals surface area (Å²) in [5.74, 6) is 0.231. The molecule has 0 bridgehead atoms. The number of ether oxygens (including phenoxy) is 2. The van der Waals surface area contributed by atoms with Crippen molar-refractivity contribution in [2.45, 2.75) is 12.8 Å². The highest BCUT2D eigenvalue weighted by Crippen LogP contribution is 2.35. The molecule has 0 aliphatic carbocycles. The van der Waals surface area contributed by atoms with Gasteiger partial charge in [0.1, 0.15) is 5.92 Å². The Labute approximate surface area is 120 Å². The Hall–Kier alpha value is -2.32. The molecule has 2 aromatic rings. The van der Waals surface area contributed by atoms with E-state index in [-0.39, 0.29) is 12.6 Å². The lowest BCUT2D eigenvalue weighted by Crippen LogP contribution is -2.09. The lowest BCUT2D eigenvalue weighted by Gasteiger charge is -2.08. The Balaban J connectivity index is 1.94. The highest BCUT2D eigenvalue weighted by molar-refractivity contribution is 7.14. The first-order valence-corrected chi connectivity index (χ1v) is 6.90. The second-order valence-corrected chi connectivity index (χ2v) is 5.74. The molecule has 0 saturated heterocycles. The number of hydrogen-bond acceptors (Lipinski definition) is 5. The maximum atomic E-state index is 12.4. The number of fused-ring (bicyclic) bond motifs is 1. The number of ketones is 1. The van der Waals surface area contributed by atoms with E-state index in [2.05, 4.69) is 6.07 Å². The standard InChI is InChI=1S/C15H11NO3S/c1-9-2-5-14(20-9)15(17)11(7-16)10-3-4-12-13(6-10)19-8-18-12/h2-6,11H,8H2,1H3. The van der Waals surface area contributed by atoms with Crippen LogP contribution in [0.5, 0.6) is 11.5 Å². The van der Waals surface area contributed by atoms with E-state index >= 15 is 0 Å². The van der Waals surface area contributed by atoms with Crippen molar-refractivity contribution in [1.82, 2.24) is 0 Å². The summed E-state index contributed by atoms with van der Waals surface area (Å²) in [6, 6.07) is 10.9. The molecule has 100 valence electrons. The number of aryl methyl sites for hydroxylation is 1. The zero-order valence-corrected chi connectivity index (χ0v) is 11.6. The molecule has 2 heterocycles. The van der Waals surface area contributed by atoms with Crippen LogP contribution in [-0.2, 0) is 0 Å². The number of hydrogen-bond donors (Lipinski definition) is 0. The molecule has 1 unspecified atom stereocenters. The zero-order chi connectivity index (χ0) is 14.1. The SMILES string of the molecule is Cc1ccc(C(=O)C(C#N)c2ccc3c(c2)OCO3)s1. The number of rotatable bonds is 3. The molecule has 4 nitrogen and oxygen atoms in total. The van der Waals surface area contributed by atoms with E-state index in [1.807, 2.05) is 13.0 Å². The molecule has 5 heteroatoms. The normalized spacial score (nSPS) is 13.8. The Bertz CT molecular complexity index is 714. The molecular formula is C15H11NO3S. The van der Waals surface area contributed by atoms with E-state index in [4.69, 9.17) is 9.47 Å². The quantitative estimate of drug-likeness (QED) is 0.812. The van der Waals surface area contributed by atoms with Crippen LogP contribution in [0, 0.1) is 18.3 Å². The Morgan fingerprint density at radius 1 is 1.30 bits per heavy atom. The van der Waals surface area contributed by atoms with Crippen LogP contribution in [-0.4, -0.2) is 12.6 Å². The molecule has 0 N–H and O–H groups in total. The molecule has 1 atom stereocenters. The van der Waals surface area contributed by atoms with Gasteiger partial charge in [-0.2, -0.15) is 5.26 Å². The maximum absolute atomic E-state index is 12.4. The molecule has 0 radical (unpaired) electrons. The van der Waals surface area contributed by atoms with Crippen molar-refractivity contribution in [3.8, 4) is 17.6 Å². The summed E-state index contributed by atoms with van der Waals surface area (Å²) in [6.45, 7) is 2.11. The first kappa shape index (κ1) is 12.7. The molecule has 1 aromatic heterocycles. The zero-order valence-electron chi connectivity index (χ0n) is 10.8. The van der Waals surface area contributed by atoms with Gasteiger partial charge < -0.3 is 9.47 Å². The van der Waals surface area contributed by atoms with Crippen LogP contribution in [0.15, 0.2) is 30.3 Å². The topological polar surface area (TPSA) is 59.3 Å². The second-order valence-electron chi connectivity index (χ2n) is 4.45. The van der Waals surface area contributed by atoms with Gasteiger partial charge in [0.2, 0.25) is 6.79 Å². The number of nitriles is 1. The number of carbonyl (C=O) groups excluding carboxylic acids is 1. The second kappa shape index (κ2) is 4.99. The van der Waals surface area contributed by atoms with Gasteiger partial charge >= 0.3 is 0 Å². The van der Waals surface area contributed by atoms with Gasteiger partial charge in [-0.05, 0) is 36.8 Å². The monoisotopic (exact) mass is 285 g/mol. The Kier molecular flexibility index (Phi) is 3.17. The maximum Gasteiger partial charge on any atom is 0.231 e. The van der Waals surface area contributed by atoms with Crippen LogP contribution in [0.2, 0.25) is 0 Å². The molecule has 0 spiro atoms. The third kappa shape index (κ3) is 2.15. The van der Waals surface area contributed by atoms with Crippen LogP contribution in [0.1, 0.15) is 26.0 Å². The van der Waals surface area contributed by atoms with Gasteiger partial charge in [-0.1, -0.05) is 6.07 Å². The highest BCUT2D eigenvalue weighted by atomic mass is 32.1. The van der Waals surface area contributed by atoms with E-state index in [1.54, 1.807) is 24.3 Å². The number of benzene rings is 1. The molecule has 20 heavy (non-hydrogen) atoms. The van der Waals surface area contributed by atoms with Crippen molar-refractivity contribution in [1.29, 1.82) is 5.26 Å². The van der Waals surface area contributed by atoms with Crippen LogP contribution < -0.4 is 9.47 Å². The summed E-state index contributed by atoms with van der Waals surface area (Å²) in [5.41, 5.74) is 0.632. The molecule has 0 fully saturated rings. The molecule has 0 saturated carbocycles. The minimum absolute atomic E-state index is 0.175. The summed E-state index contributed by atoms with van der Waals surface area (Å²) < 4.78 is 10.5. The lowest BCUT2D eigenvalue weighted by atomic mass is 9.95. The molecular weight excluding hydrogens is 274 g/mol. The summed E-state index contributed by atoms with van der Waals surface area (Å²) in [7, 11) is 0. The van der Waals surface area contributed by atoms with Crippen molar-refractivity contribution in [3.05, 3.63) is 45.6 Å². The predicted octanol–water partition coefficient (Wildman–Crippen LogP) is 3.28. The van der Waals surface area contributed by atoms with Crippen molar-refractivity contribution in [2.24, 2.45) is 0 Å². The summed E-state index contributed by atoms with van der Waals surface area (Å²) in [4.78, 5) is 14.1. The largest absolute Gasteiger partial charge is 0.454 e. The third-order valence-electron chi connectivity index (χ3n) is 3.10. The third-order valence-corrected chi connectivity index (χ3v) is 4.12. The van der Waals surface area contributed by atoms with E-state index in [1.165, 1.54) is 11.3 Å². The number of thiophene rings is 1. The first-order chi connectivity index (χ1) is 9.69. The highest BCUT2D eigenvalue weighted by Gasteiger charge is 2.25. The fourth-order valence-corrected chi connectivity index (χ4v) is 2.92. The van der Waals surface area contributed by atoms with Crippen LogP contribution in [0.4, 0.5) is 0 Å². The van der Waals surface area contributed by atoms with Crippen molar-refractivity contribution in [2.75, 3.05) is 6.79 Å². The van der Waals surface area contributed by atoms with Crippen LogP contribution in [0.3, 0.4) is 0 Å². The fourth-order valence-electron chi connectivity index (χ4n) is 2.09. The summed E-state index contributed by atoms with van der Waals surface area (Å²) >= 11 is 1.40. The van der Waals surface area contributed by atoms with Crippen molar-refractivity contribution >= 4 is 17.1 Å². The predicted molar refractivity (Wildman–Crippen MR) is 74.3 cm³/mol. The Morgan fingerprint density at radius 3 is 2.80 bits per heavy atom. The minimum Gasteiger partial charge on any atom is -0.454 e. The van der Waals surface area contributed by atoms with Gasteiger partial charge in [-0.3, -0.25) is 4.79 Å². The minimum atomic E-state index is -0.817. The van der Waals surface area contributed by atoms with E-state index < -0.39 is 5.92 Å². The number of nitrogens with zero attached hydrogens (tertiary/aromatic N) is 1. The van der Waals surface area contributed by atoms with Gasteiger partial charge in [0.25, 0.3) is 0 Å². The van der Waals surface area contributed by atoms with Crippen molar-refractivity contribution in [3.63, 3.8) is 0 Å². The average molecular weight is 285 g/mol. The molecule has 1 aromatic carbocycles. The Morgan fingerprint density at radius 2 is 2.10 bits per heavy atom. The van der Waals surface area contributed by atoms with Crippen LogP contribution in [0.25, 0.3) is 0 Å². The first-order valence-electron chi connectivity index (χ1n) is 6.09. The van der Waals surface area contributed by atoms with Gasteiger partial charge in [0, 0.05) is 4.88 Å². The summed E-state index contributed by atoms with van der Waals surface area (Å²) in [6.07, 6.45) is 0. The molecule has 1 aliphatic rings. The number of carbonyl (C=O) groups is 1. The average Bonchev–Trinajstić information content (AvgIpc) is 3.07. The van der Waals surface area contributed by atoms with Crippen LogP contribution >= 0.6 is 11.3 Å². The molecule has 1 aliphatic heterocycles. The number of Topliss-reactive ketones (excluding diaryl/α,β-unsaturated/α-hetero) is 1. The summed E-state index contributed by atoms with van der Waals surface area (Å²) in [5, 5.41) is 9.33. The van der Waals surface area contributed by atoms with E-state index in [9.17, 15) is 10.1 Å².